The second-order valence-electron chi connectivity index (χ2n) is 8.53. The average Bonchev–Trinajstić information content (AvgIpc) is 2.74. The molecule has 1 heterocycles. The zero-order valence-electron chi connectivity index (χ0n) is 18.8. The van der Waals surface area contributed by atoms with Crippen molar-refractivity contribution in [1.29, 1.82) is 0 Å². The first-order valence-corrected chi connectivity index (χ1v) is 10.3. The summed E-state index contributed by atoms with van der Waals surface area (Å²) in [4.78, 5) is 28.2. The van der Waals surface area contributed by atoms with Crippen LogP contribution in [0.4, 0.5) is 20.6 Å². The van der Waals surface area contributed by atoms with Crippen molar-refractivity contribution in [3.63, 3.8) is 0 Å². The molecule has 0 atom stereocenters. The van der Waals surface area contributed by atoms with Crippen LogP contribution in [0, 0.1) is 5.82 Å². The molecule has 0 spiro atoms. The fraction of sp³-hybridized carbons (Fsp3) is 0.391. The third-order valence-corrected chi connectivity index (χ3v) is 4.97. The van der Waals surface area contributed by atoms with Gasteiger partial charge in [0, 0.05) is 43.5 Å². The lowest BCUT2D eigenvalue weighted by Gasteiger charge is -2.36. The SMILES string of the molecule is [B]c1ccc(NC(=O)c2ccc(N3CCN(C(=O)OC(C)(C)C)CC3)c(F)c2)cc1OC. The number of piperazine rings is 1. The van der Waals surface area contributed by atoms with Gasteiger partial charge in [-0.25, -0.2) is 9.18 Å². The average molecular weight is 439 g/mol. The Balaban J connectivity index is 1.63. The Labute approximate surface area is 188 Å². The quantitative estimate of drug-likeness (QED) is 0.742. The minimum Gasteiger partial charge on any atom is -0.497 e. The number of benzene rings is 2. The number of amides is 2. The van der Waals surface area contributed by atoms with Crippen molar-refractivity contribution in [1.82, 2.24) is 4.90 Å². The van der Waals surface area contributed by atoms with E-state index >= 15 is 0 Å². The van der Waals surface area contributed by atoms with Crippen molar-refractivity contribution in [2.75, 3.05) is 43.5 Å². The number of nitrogens with one attached hydrogen (secondary N) is 1. The molecule has 1 aliphatic rings. The monoisotopic (exact) mass is 439 g/mol. The van der Waals surface area contributed by atoms with Gasteiger partial charge in [-0.15, -0.1) is 0 Å². The van der Waals surface area contributed by atoms with Crippen LogP contribution in [0.2, 0.25) is 0 Å². The second kappa shape index (κ2) is 9.50. The highest BCUT2D eigenvalue weighted by Crippen LogP contribution is 2.24. The van der Waals surface area contributed by atoms with Gasteiger partial charge in [-0.05, 0) is 45.0 Å². The molecule has 0 aliphatic carbocycles. The van der Waals surface area contributed by atoms with Crippen LogP contribution in [0.15, 0.2) is 36.4 Å². The lowest BCUT2D eigenvalue weighted by Crippen LogP contribution is -2.50. The highest BCUT2D eigenvalue weighted by molar-refractivity contribution is 6.34. The Kier molecular flexibility index (Phi) is 6.96. The van der Waals surface area contributed by atoms with E-state index in [2.05, 4.69) is 5.32 Å². The summed E-state index contributed by atoms with van der Waals surface area (Å²) in [7, 11) is 7.27. The van der Waals surface area contributed by atoms with Crippen LogP contribution in [-0.4, -0.2) is 63.6 Å². The van der Waals surface area contributed by atoms with E-state index < -0.39 is 17.3 Å². The summed E-state index contributed by atoms with van der Waals surface area (Å²) in [6.45, 7) is 7.24. The number of methoxy groups -OCH3 is 1. The number of ether oxygens (including phenoxy) is 2. The first-order chi connectivity index (χ1) is 15.1. The third kappa shape index (κ3) is 5.72. The van der Waals surface area contributed by atoms with Gasteiger partial charge >= 0.3 is 6.09 Å². The van der Waals surface area contributed by atoms with Gasteiger partial charge in [-0.2, -0.15) is 0 Å². The molecule has 2 radical (unpaired) electrons. The molecular formula is C23H27BFN3O4. The molecule has 1 N–H and O–H groups in total. The minimum atomic E-state index is -0.561. The zero-order chi connectivity index (χ0) is 23.5. The van der Waals surface area contributed by atoms with Crippen molar-refractivity contribution in [2.24, 2.45) is 0 Å². The van der Waals surface area contributed by atoms with E-state index in [1.807, 2.05) is 25.7 Å². The molecule has 0 bridgehead atoms. The maximum absolute atomic E-state index is 14.8. The smallest absolute Gasteiger partial charge is 0.410 e. The van der Waals surface area contributed by atoms with Crippen LogP contribution in [0.25, 0.3) is 0 Å². The van der Waals surface area contributed by atoms with Gasteiger partial charge in [0.25, 0.3) is 5.91 Å². The lowest BCUT2D eigenvalue weighted by atomic mass is 9.95. The summed E-state index contributed by atoms with van der Waals surface area (Å²) in [5.41, 5.74) is 0.958. The van der Waals surface area contributed by atoms with Gasteiger partial charge in [-0.3, -0.25) is 4.79 Å². The Morgan fingerprint density at radius 2 is 1.75 bits per heavy atom. The van der Waals surface area contributed by atoms with Crippen LogP contribution in [-0.2, 0) is 4.74 Å². The number of anilines is 2. The van der Waals surface area contributed by atoms with Crippen LogP contribution in [0.3, 0.4) is 0 Å². The molecular weight excluding hydrogens is 412 g/mol. The zero-order valence-corrected chi connectivity index (χ0v) is 18.8. The molecule has 0 saturated carbocycles. The topological polar surface area (TPSA) is 71.1 Å². The molecule has 1 fully saturated rings. The molecule has 1 saturated heterocycles. The van der Waals surface area contributed by atoms with Crippen molar-refractivity contribution in [3.05, 3.63) is 47.8 Å². The van der Waals surface area contributed by atoms with Crippen molar-refractivity contribution < 1.29 is 23.5 Å². The van der Waals surface area contributed by atoms with Gasteiger partial charge in [0.2, 0.25) is 0 Å². The largest absolute Gasteiger partial charge is 0.497 e. The van der Waals surface area contributed by atoms with Crippen molar-refractivity contribution >= 4 is 36.7 Å². The van der Waals surface area contributed by atoms with Crippen LogP contribution >= 0.6 is 0 Å². The van der Waals surface area contributed by atoms with Gasteiger partial charge in [0.15, 0.2) is 0 Å². The summed E-state index contributed by atoms with van der Waals surface area (Å²) >= 11 is 0. The molecule has 1 aliphatic heterocycles. The number of hydrogen-bond donors (Lipinski definition) is 1. The molecule has 2 aromatic carbocycles. The van der Waals surface area contributed by atoms with E-state index in [9.17, 15) is 14.0 Å². The van der Waals surface area contributed by atoms with E-state index in [1.54, 1.807) is 35.2 Å². The Bertz CT molecular complexity index is 1000. The number of halogens is 1. The fourth-order valence-electron chi connectivity index (χ4n) is 3.35. The number of carbonyl (C=O) groups excluding carboxylic acids is 2. The maximum atomic E-state index is 14.8. The number of hydrogen-bond acceptors (Lipinski definition) is 5. The molecule has 0 unspecified atom stereocenters. The normalized spacial score (nSPS) is 14.2. The highest BCUT2D eigenvalue weighted by atomic mass is 19.1. The molecule has 32 heavy (non-hydrogen) atoms. The van der Waals surface area contributed by atoms with Gasteiger partial charge in [0.1, 0.15) is 25.0 Å². The molecule has 9 heteroatoms. The number of nitrogens with zero attached hydrogens (tertiary/aromatic N) is 2. The van der Waals surface area contributed by atoms with Gasteiger partial charge < -0.3 is 24.6 Å². The summed E-state index contributed by atoms with van der Waals surface area (Å²) in [6.07, 6.45) is -0.371. The first kappa shape index (κ1) is 23.4. The van der Waals surface area contributed by atoms with Crippen molar-refractivity contribution in [2.45, 2.75) is 26.4 Å². The Morgan fingerprint density at radius 1 is 1.06 bits per heavy atom. The van der Waals surface area contributed by atoms with Gasteiger partial charge in [0.05, 0.1) is 12.8 Å². The number of rotatable bonds is 4. The molecule has 168 valence electrons. The van der Waals surface area contributed by atoms with E-state index in [0.717, 1.165) is 0 Å². The lowest BCUT2D eigenvalue weighted by molar-refractivity contribution is 0.0240. The van der Waals surface area contributed by atoms with E-state index in [0.29, 0.717) is 48.8 Å². The molecule has 0 aromatic heterocycles. The van der Waals surface area contributed by atoms with Crippen LogP contribution < -0.4 is 20.4 Å². The van der Waals surface area contributed by atoms with E-state index in [4.69, 9.17) is 17.3 Å². The summed E-state index contributed by atoms with van der Waals surface area (Å²) in [5.74, 6) is -0.509. The Hall–Kier alpha value is -3.23. The minimum absolute atomic E-state index is 0.189. The molecule has 2 aromatic rings. The van der Waals surface area contributed by atoms with Crippen molar-refractivity contribution in [3.8, 4) is 5.75 Å². The molecule has 3 rings (SSSR count). The molecule has 7 nitrogen and oxygen atoms in total. The standard InChI is InChI=1S/C23H27BFN3O4/c1-23(2,3)32-22(30)28-11-9-27(10-12-28)19-8-5-15(13-18(19)25)21(29)26-16-6-7-17(24)20(14-16)31-4/h5-8,13-14H,9-12H2,1-4H3,(H,26,29). The van der Waals surface area contributed by atoms with Gasteiger partial charge in [-0.1, -0.05) is 11.5 Å². The van der Waals surface area contributed by atoms with E-state index in [1.165, 1.54) is 13.2 Å². The van der Waals surface area contributed by atoms with E-state index in [-0.39, 0.29) is 11.7 Å². The fourth-order valence-corrected chi connectivity index (χ4v) is 3.35. The van der Waals surface area contributed by atoms with Crippen LogP contribution in [0.5, 0.6) is 5.75 Å². The predicted octanol–water partition coefficient (Wildman–Crippen LogP) is 2.94. The number of carbonyl (C=O) groups is 2. The second-order valence-corrected chi connectivity index (χ2v) is 8.53. The van der Waals surface area contributed by atoms with Crippen LogP contribution in [0.1, 0.15) is 31.1 Å². The third-order valence-electron chi connectivity index (χ3n) is 4.97. The first-order valence-electron chi connectivity index (χ1n) is 10.3. The highest BCUT2D eigenvalue weighted by Gasteiger charge is 2.27. The summed E-state index contributed by atoms with van der Waals surface area (Å²) in [6, 6.07) is 9.22. The summed E-state index contributed by atoms with van der Waals surface area (Å²) in [5, 5.41) is 2.71. The predicted molar refractivity (Wildman–Crippen MR) is 123 cm³/mol. The Morgan fingerprint density at radius 3 is 2.34 bits per heavy atom. The summed E-state index contributed by atoms with van der Waals surface area (Å²) < 4.78 is 25.4. The molecule has 2 amide bonds. The maximum Gasteiger partial charge on any atom is 0.410 e.